The molecule has 148 valence electrons. The van der Waals surface area contributed by atoms with Gasteiger partial charge < -0.3 is 20.5 Å². The molecule has 1 unspecified atom stereocenters. The van der Waals surface area contributed by atoms with Crippen LogP contribution in [0, 0.1) is 6.92 Å². The molecule has 2 aliphatic rings. The molecule has 28 heavy (non-hydrogen) atoms. The fourth-order valence-corrected chi connectivity index (χ4v) is 4.28. The van der Waals surface area contributed by atoms with Crippen molar-refractivity contribution >= 4 is 11.8 Å². The minimum Gasteiger partial charge on any atom is -0.348 e. The van der Waals surface area contributed by atoms with Gasteiger partial charge in [-0.2, -0.15) is 0 Å². The van der Waals surface area contributed by atoms with Crippen molar-refractivity contribution in [3.05, 3.63) is 53.1 Å². The molecule has 1 fully saturated rings. The molecule has 0 bridgehead atoms. The molecule has 1 saturated heterocycles. The highest BCUT2D eigenvalue weighted by atomic mass is 16.2. The van der Waals surface area contributed by atoms with Crippen LogP contribution in [0.15, 0.2) is 30.6 Å². The Morgan fingerprint density at radius 1 is 1.21 bits per heavy atom. The maximum absolute atomic E-state index is 12.9. The lowest BCUT2D eigenvalue weighted by Crippen LogP contribution is -2.57. The number of fused-ring (bicyclic) bond motifs is 2. The van der Waals surface area contributed by atoms with E-state index < -0.39 is 6.04 Å². The quantitative estimate of drug-likeness (QED) is 0.752. The number of imidazole rings is 1. The normalized spacial score (nSPS) is 19.1. The first kappa shape index (κ1) is 18.7. The summed E-state index contributed by atoms with van der Waals surface area (Å²) in [5, 5.41) is 6.47. The molecule has 1 aromatic carbocycles. The van der Waals surface area contributed by atoms with Gasteiger partial charge in [-0.1, -0.05) is 17.7 Å². The maximum atomic E-state index is 12.9. The summed E-state index contributed by atoms with van der Waals surface area (Å²) in [4.78, 5) is 34.9. The van der Waals surface area contributed by atoms with Crippen LogP contribution in [0.1, 0.15) is 47.1 Å². The number of nitrogens with zero attached hydrogens (tertiary/aromatic N) is 2. The molecule has 0 radical (unpaired) electrons. The van der Waals surface area contributed by atoms with E-state index in [9.17, 15) is 9.59 Å². The van der Waals surface area contributed by atoms with Gasteiger partial charge in [-0.05, 0) is 38.8 Å². The Morgan fingerprint density at radius 3 is 2.64 bits per heavy atom. The molecule has 7 heteroatoms. The first-order valence-corrected chi connectivity index (χ1v) is 9.93. The molecule has 0 aliphatic carbocycles. The van der Waals surface area contributed by atoms with Crippen molar-refractivity contribution < 1.29 is 9.59 Å². The summed E-state index contributed by atoms with van der Waals surface area (Å²) in [6, 6.07) is 6.80. The molecule has 4 rings (SSSR count). The number of carbonyl (C=O) groups excluding carboxylic acids is 2. The average Bonchev–Trinajstić information content (AvgIpc) is 3.19. The lowest BCUT2D eigenvalue weighted by atomic mass is 9.80. The molecule has 1 aromatic heterocycles. The van der Waals surface area contributed by atoms with Gasteiger partial charge in [-0.15, -0.1) is 0 Å². The number of benzene rings is 1. The Bertz CT molecular complexity index is 865. The number of hydrogen-bond acceptors (Lipinski definition) is 4. The number of hydrogen-bond donors (Lipinski definition) is 3. The SMILES string of the molecule is Cc1ccc(C(=O)NC(C)C(=O)N2CCC3(CC2)NCCc2[nH]cnc23)cc1. The Hall–Kier alpha value is -2.67. The second-order valence-electron chi connectivity index (χ2n) is 7.88. The number of aryl methyl sites for hydroxylation is 1. The van der Waals surface area contributed by atoms with Gasteiger partial charge in [0.05, 0.1) is 17.6 Å². The fourth-order valence-electron chi connectivity index (χ4n) is 4.28. The van der Waals surface area contributed by atoms with Gasteiger partial charge >= 0.3 is 0 Å². The number of rotatable bonds is 3. The van der Waals surface area contributed by atoms with Gasteiger partial charge in [0.1, 0.15) is 6.04 Å². The summed E-state index contributed by atoms with van der Waals surface area (Å²) in [5.41, 5.74) is 3.84. The number of carbonyl (C=O) groups is 2. The predicted octanol–water partition coefficient (Wildman–Crippen LogP) is 1.50. The van der Waals surface area contributed by atoms with E-state index in [4.69, 9.17) is 0 Å². The predicted molar refractivity (Wildman–Crippen MR) is 106 cm³/mol. The van der Waals surface area contributed by atoms with Crippen LogP contribution in [0.25, 0.3) is 0 Å². The first-order valence-electron chi connectivity index (χ1n) is 9.93. The highest BCUT2D eigenvalue weighted by Crippen LogP contribution is 2.35. The molecule has 1 spiro atoms. The van der Waals surface area contributed by atoms with E-state index >= 15 is 0 Å². The summed E-state index contributed by atoms with van der Waals surface area (Å²) in [6.07, 6.45) is 4.38. The van der Waals surface area contributed by atoms with Gasteiger partial charge in [-0.3, -0.25) is 9.59 Å². The molecule has 7 nitrogen and oxygen atoms in total. The van der Waals surface area contributed by atoms with Crippen LogP contribution in [0.3, 0.4) is 0 Å². The van der Waals surface area contributed by atoms with E-state index in [2.05, 4.69) is 20.6 Å². The zero-order chi connectivity index (χ0) is 19.7. The van der Waals surface area contributed by atoms with Gasteiger partial charge in [0.25, 0.3) is 5.91 Å². The minimum absolute atomic E-state index is 0.0339. The molecule has 1 atom stereocenters. The van der Waals surface area contributed by atoms with E-state index in [1.54, 1.807) is 25.4 Å². The van der Waals surface area contributed by atoms with Crippen molar-refractivity contribution in [2.24, 2.45) is 0 Å². The Balaban J connectivity index is 1.36. The molecule has 3 heterocycles. The molecule has 3 N–H and O–H groups in total. The lowest BCUT2D eigenvalue weighted by molar-refractivity contribution is -0.134. The Kier molecular flexibility index (Phi) is 4.93. The Labute approximate surface area is 164 Å². The summed E-state index contributed by atoms with van der Waals surface area (Å²) < 4.78 is 0. The van der Waals surface area contributed by atoms with Crippen LogP contribution in [0.5, 0.6) is 0 Å². The van der Waals surface area contributed by atoms with Crippen LogP contribution in [0.4, 0.5) is 0 Å². The van der Waals surface area contributed by atoms with Crippen molar-refractivity contribution in [2.75, 3.05) is 19.6 Å². The standard InChI is InChI=1S/C21H27N5O2/c1-14-3-5-16(6-4-14)19(27)25-15(2)20(28)26-11-8-21(9-12-26)18-17(7-10-24-21)22-13-23-18/h3-6,13,15,24H,7-12H2,1-2H3,(H,22,23)(H,25,27). The number of H-pyrrole nitrogens is 1. The van der Waals surface area contributed by atoms with E-state index in [1.165, 1.54) is 5.69 Å². The highest BCUT2D eigenvalue weighted by molar-refractivity contribution is 5.97. The van der Waals surface area contributed by atoms with Gasteiger partial charge in [-0.25, -0.2) is 4.98 Å². The van der Waals surface area contributed by atoms with E-state index in [-0.39, 0.29) is 17.4 Å². The molecule has 2 amide bonds. The molecule has 2 aliphatic heterocycles. The van der Waals surface area contributed by atoms with Gasteiger partial charge in [0.2, 0.25) is 5.91 Å². The highest BCUT2D eigenvalue weighted by Gasteiger charge is 2.42. The molecule has 0 saturated carbocycles. The lowest BCUT2D eigenvalue weighted by Gasteiger charge is -2.44. The molecular formula is C21H27N5O2. The van der Waals surface area contributed by atoms with E-state index in [0.717, 1.165) is 37.1 Å². The van der Waals surface area contributed by atoms with Gasteiger partial charge in [0.15, 0.2) is 0 Å². The van der Waals surface area contributed by atoms with E-state index in [1.807, 2.05) is 24.0 Å². The number of aromatic amines is 1. The van der Waals surface area contributed by atoms with Crippen molar-refractivity contribution in [1.82, 2.24) is 25.5 Å². The van der Waals surface area contributed by atoms with Crippen molar-refractivity contribution in [2.45, 2.75) is 44.7 Å². The van der Waals surface area contributed by atoms with Crippen LogP contribution >= 0.6 is 0 Å². The number of nitrogens with one attached hydrogen (secondary N) is 3. The zero-order valence-corrected chi connectivity index (χ0v) is 16.4. The topological polar surface area (TPSA) is 90.1 Å². The monoisotopic (exact) mass is 381 g/mol. The summed E-state index contributed by atoms with van der Waals surface area (Å²) >= 11 is 0. The number of likely N-dealkylation sites (tertiary alicyclic amines) is 1. The third kappa shape index (κ3) is 3.42. The Morgan fingerprint density at radius 2 is 1.93 bits per heavy atom. The zero-order valence-electron chi connectivity index (χ0n) is 16.4. The van der Waals surface area contributed by atoms with Crippen LogP contribution < -0.4 is 10.6 Å². The molecular weight excluding hydrogens is 354 g/mol. The average molecular weight is 381 g/mol. The van der Waals surface area contributed by atoms with E-state index in [0.29, 0.717) is 18.7 Å². The minimum atomic E-state index is -0.553. The van der Waals surface area contributed by atoms with Crippen molar-refractivity contribution in [1.29, 1.82) is 0 Å². The molecule has 2 aromatic rings. The third-order valence-corrected chi connectivity index (χ3v) is 5.97. The van der Waals surface area contributed by atoms with Crippen LogP contribution in [-0.2, 0) is 16.8 Å². The fraction of sp³-hybridized carbons (Fsp3) is 0.476. The van der Waals surface area contributed by atoms with Crippen LogP contribution in [-0.4, -0.2) is 52.4 Å². The number of amides is 2. The first-order chi connectivity index (χ1) is 13.5. The van der Waals surface area contributed by atoms with Crippen molar-refractivity contribution in [3.8, 4) is 0 Å². The van der Waals surface area contributed by atoms with Crippen LogP contribution in [0.2, 0.25) is 0 Å². The largest absolute Gasteiger partial charge is 0.348 e. The summed E-state index contributed by atoms with van der Waals surface area (Å²) in [7, 11) is 0. The summed E-state index contributed by atoms with van der Waals surface area (Å²) in [5.74, 6) is -0.252. The number of aromatic nitrogens is 2. The second kappa shape index (κ2) is 7.39. The smallest absolute Gasteiger partial charge is 0.251 e. The van der Waals surface area contributed by atoms with Crippen molar-refractivity contribution in [3.63, 3.8) is 0 Å². The maximum Gasteiger partial charge on any atom is 0.251 e. The summed E-state index contributed by atoms with van der Waals surface area (Å²) in [6.45, 7) is 5.96. The number of piperidine rings is 1. The van der Waals surface area contributed by atoms with Gasteiger partial charge in [0, 0.05) is 37.3 Å². The second-order valence-corrected chi connectivity index (χ2v) is 7.88. The third-order valence-electron chi connectivity index (χ3n) is 5.97.